The number of carbonyl (C=O) groups excluding carboxylic acids is 2. The molecule has 1 rings (SSSR count). The van der Waals surface area contributed by atoms with Crippen LogP contribution in [0.2, 0.25) is 0 Å². The first-order valence-corrected chi connectivity index (χ1v) is 7.25. The van der Waals surface area contributed by atoms with Gasteiger partial charge in [0.15, 0.2) is 0 Å². The number of nitrogens with two attached hydrogens (primary N) is 1. The smallest absolute Gasteiger partial charge is 0.366 e. The molecule has 1 unspecified atom stereocenters. The lowest BCUT2D eigenvalue weighted by molar-refractivity contribution is -0.296. The Kier molecular flexibility index (Phi) is 6.86. The van der Waals surface area contributed by atoms with Crippen molar-refractivity contribution in [2.45, 2.75) is 56.5 Å². The van der Waals surface area contributed by atoms with Crippen LogP contribution in [0.4, 0.5) is 0 Å². The summed E-state index contributed by atoms with van der Waals surface area (Å²) in [5.41, 5.74) is 5.27. The van der Waals surface area contributed by atoms with Crippen LogP contribution in [0.15, 0.2) is 0 Å². The van der Waals surface area contributed by atoms with E-state index in [2.05, 4.69) is 10.1 Å². The molecule has 0 aliphatic carbocycles. The fourth-order valence-corrected chi connectivity index (χ4v) is 2.40. The van der Waals surface area contributed by atoms with Crippen LogP contribution < -0.4 is 11.1 Å². The summed E-state index contributed by atoms with van der Waals surface area (Å²) in [7, 11) is 0. The molecule has 0 spiro atoms. The zero-order valence-electron chi connectivity index (χ0n) is 13.0. The summed E-state index contributed by atoms with van der Waals surface area (Å²) in [4.78, 5) is 23.1. The fraction of sp³-hybridized carbons (Fsp3) is 0.846. The third kappa shape index (κ3) is 4.59. The molecule has 0 aromatic heterocycles. The Morgan fingerprint density at radius 1 is 1.48 bits per heavy atom. The average Bonchev–Trinajstić information content (AvgIpc) is 2.48. The van der Waals surface area contributed by atoms with Crippen molar-refractivity contribution >= 4 is 11.9 Å². The molecule has 0 aromatic carbocycles. The molecule has 6 atom stereocenters. The molecule has 1 amide bonds. The van der Waals surface area contributed by atoms with Gasteiger partial charge in [-0.2, -0.15) is 0 Å². The SMILES string of the molecule is CCOC(=O)C1(O)C[C@H](O)[C@@H](NC(C)=O)[C@H]([C@H](O)[C@H](O)CN)O1. The second-order valence-corrected chi connectivity index (χ2v) is 5.38. The topological polar surface area (TPSA) is 172 Å². The van der Waals surface area contributed by atoms with Crippen molar-refractivity contribution in [1.29, 1.82) is 0 Å². The van der Waals surface area contributed by atoms with E-state index in [0.29, 0.717) is 0 Å². The number of amides is 1. The first-order chi connectivity index (χ1) is 10.7. The molecular weight excluding hydrogens is 312 g/mol. The molecule has 7 N–H and O–H groups in total. The molecule has 1 heterocycles. The van der Waals surface area contributed by atoms with E-state index < -0.39 is 54.5 Å². The van der Waals surface area contributed by atoms with Crippen molar-refractivity contribution < 1.29 is 39.5 Å². The predicted molar refractivity (Wildman–Crippen MR) is 75.8 cm³/mol. The molecule has 0 saturated carbocycles. The minimum atomic E-state index is -2.51. The Labute approximate surface area is 133 Å². The Hall–Kier alpha value is -1.30. The highest BCUT2D eigenvalue weighted by Crippen LogP contribution is 2.31. The summed E-state index contributed by atoms with van der Waals surface area (Å²) in [6.07, 6.45) is -6.58. The molecule has 1 aliphatic rings. The third-order valence-electron chi connectivity index (χ3n) is 3.52. The Bertz CT molecular complexity index is 434. The Balaban J connectivity index is 3.08. The number of aliphatic hydroxyl groups is 4. The summed E-state index contributed by atoms with van der Waals surface area (Å²) >= 11 is 0. The summed E-state index contributed by atoms with van der Waals surface area (Å²) < 4.78 is 9.88. The van der Waals surface area contributed by atoms with E-state index in [1.165, 1.54) is 13.8 Å². The van der Waals surface area contributed by atoms with Gasteiger partial charge in [-0.1, -0.05) is 0 Å². The second kappa shape index (κ2) is 7.99. The first kappa shape index (κ1) is 19.7. The van der Waals surface area contributed by atoms with Gasteiger partial charge < -0.3 is 41.0 Å². The molecule has 134 valence electrons. The van der Waals surface area contributed by atoms with Gasteiger partial charge in [0.2, 0.25) is 5.91 Å². The number of nitrogens with one attached hydrogen (secondary N) is 1. The lowest BCUT2D eigenvalue weighted by Crippen LogP contribution is -2.67. The lowest BCUT2D eigenvalue weighted by atomic mass is 9.88. The van der Waals surface area contributed by atoms with E-state index in [9.17, 15) is 30.0 Å². The maximum atomic E-state index is 11.8. The molecule has 0 radical (unpaired) electrons. The van der Waals surface area contributed by atoms with Gasteiger partial charge in [0, 0.05) is 19.9 Å². The van der Waals surface area contributed by atoms with Gasteiger partial charge in [-0.05, 0) is 6.92 Å². The molecule has 10 heteroatoms. The predicted octanol–water partition coefficient (Wildman–Crippen LogP) is -3.43. The van der Waals surface area contributed by atoms with Crippen LogP contribution in [-0.2, 0) is 19.1 Å². The van der Waals surface area contributed by atoms with Crippen molar-refractivity contribution in [3.63, 3.8) is 0 Å². The van der Waals surface area contributed by atoms with Crippen LogP contribution >= 0.6 is 0 Å². The van der Waals surface area contributed by atoms with Gasteiger partial charge in [-0.3, -0.25) is 4.79 Å². The molecule has 0 aromatic rings. The minimum absolute atomic E-state index is 0.0334. The standard InChI is InChI=1S/C13H24N2O8/c1-3-22-12(20)13(21)4-7(17)9(15-6(2)16)11(23-13)10(19)8(18)5-14/h7-11,17-19,21H,3-5,14H2,1-2H3,(H,15,16)/t7-,8+,9+,10+,11+,13?/m0/s1. The number of carbonyl (C=O) groups is 2. The van der Waals surface area contributed by atoms with Gasteiger partial charge >= 0.3 is 5.97 Å². The van der Waals surface area contributed by atoms with Gasteiger partial charge in [0.1, 0.15) is 12.2 Å². The van der Waals surface area contributed by atoms with Crippen LogP contribution in [0.5, 0.6) is 0 Å². The normalized spacial score (nSPS) is 33.6. The number of rotatable bonds is 6. The van der Waals surface area contributed by atoms with Gasteiger partial charge in [-0.15, -0.1) is 0 Å². The first-order valence-electron chi connectivity index (χ1n) is 7.25. The summed E-state index contributed by atoms with van der Waals surface area (Å²) in [5, 5.41) is 42.6. The maximum absolute atomic E-state index is 11.8. The molecule has 10 nitrogen and oxygen atoms in total. The molecule has 1 aliphatic heterocycles. The monoisotopic (exact) mass is 336 g/mol. The van der Waals surface area contributed by atoms with Gasteiger partial charge in [0.25, 0.3) is 5.79 Å². The highest BCUT2D eigenvalue weighted by molar-refractivity contribution is 5.78. The molecule has 1 fully saturated rings. The van der Waals surface area contributed by atoms with Gasteiger partial charge in [0.05, 0.1) is 24.9 Å². The van der Waals surface area contributed by atoms with Crippen LogP contribution in [0.1, 0.15) is 20.3 Å². The number of hydrogen-bond donors (Lipinski definition) is 6. The van der Waals surface area contributed by atoms with Crippen molar-refractivity contribution in [2.75, 3.05) is 13.2 Å². The van der Waals surface area contributed by atoms with Crippen molar-refractivity contribution in [3.8, 4) is 0 Å². The van der Waals surface area contributed by atoms with E-state index in [1.807, 2.05) is 0 Å². The third-order valence-corrected chi connectivity index (χ3v) is 3.52. The van der Waals surface area contributed by atoms with Crippen molar-refractivity contribution in [3.05, 3.63) is 0 Å². The lowest BCUT2D eigenvalue weighted by Gasteiger charge is -2.45. The fourth-order valence-electron chi connectivity index (χ4n) is 2.40. The zero-order valence-corrected chi connectivity index (χ0v) is 13.0. The van der Waals surface area contributed by atoms with E-state index >= 15 is 0 Å². The van der Waals surface area contributed by atoms with E-state index in [0.717, 1.165) is 0 Å². The quantitative estimate of drug-likeness (QED) is 0.270. The highest BCUT2D eigenvalue weighted by Gasteiger charge is 2.54. The van der Waals surface area contributed by atoms with E-state index in [1.54, 1.807) is 0 Å². The molecule has 0 bridgehead atoms. The zero-order chi connectivity index (χ0) is 17.8. The number of esters is 1. The molecule has 23 heavy (non-hydrogen) atoms. The summed E-state index contributed by atoms with van der Waals surface area (Å²) in [5.74, 6) is -4.18. The second-order valence-electron chi connectivity index (χ2n) is 5.38. The minimum Gasteiger partial charge on any atom is -0.462 e. The van der Waals surface area contributed by atoms with E-state index in [-0.39, 0.29) is 13.2 Å². The van der Waals surface area contributed by atoms with Crippen LogP contribution in [0.3, 0.4) is 0 Å². The van der Waals surface area contributed by atoms with E-state index in [4.69, 9.17) is 10.5 Å². The summed E-state index contributed by atoms with van der Waals surface area (Å²) in [6.45, 7) is 2.34. The average molecular weight is 336 g/mol. The largest absolute Gasteiger partial charge is 0.462 e. The highest BCUT2D eigenvalue weighted by atomic mass is 16.7. The van der Waals surface area contributed by atoms with Crippen molar-refractivity contribution in [2.24, 2.45) is 5.73 Å². The number of hydrogen-bond acceptors (Lipinski definition) is 9. The summed E-state index contributed by atoms with van der Waals surface area (Å²) in [6, 6.07) is -1.15. The maximum Gasteiger partial charge on any atom is 0.366 e. The van der Waals surface area contributed by atoms with Crippen LogP contribution in [0.25, 0.3) is 0 Å². The Morgan fingerprint density at radius 3 is 2.57 bits per heavy atom. The van der Waals surface area contributed by atoms with Crippen LogP contribution in [0, 0.1) is 0 Å². The molecular formula is C13H24N2O8. The van der Waals surface area contributed by atoms with Gasteiger partial charge in [-0.25, -0.2) is 4.79 Å². The number of aliphatic hydroxyl groups excluding tert-OH is 3. The number of ether oxygens (including phenoxy) is 2. The van der Waals surface area contributed by atoms with Crippen LogP contribution in [-0.4, -0.2) is 81.7 Å². The Morgan fingerprint density at radius 2 is 2.09 bits per heavy atom. The van der Waals surface area contributed by atoms with Crippen molar-refractivity contribution in [1.82, 2.24) is 5.32 Å². The molecule has 1 saturated heterocycles.